The Balaban J connectivity index is 2.61. The minimum absolute atomic E-state index is 0.570. The second kappa shape index (κ2) is 5.13. The third-order valence-corrected chi connectivity index (χ3v) is 2.64. The van der Waals surface area contributed by atoms with E-state index in [0.29, 0.717) is 11.5 Å². The molecule has 0 aliphatic heterocycles. The lowest BCUT2D eigenvalue weighted by molar-refractivity contribution is -0.137. The summed E-state index contributed by atoms with van der Waals surface area (Å²) in [5.41, 5.74) is 0.233. The van der Waals surface area contributed by atoms with E-state index in [-0.39, 0.29) is 0 Å². The number of terminal acetylenes is 1. The topological polar surface area (TPSA) is 0 Å². The van der Waals surface area contributed by atoms with Crippen LogP contribution in [0.3, 0.4) is 0 Å². The van der Waals surface area contributed by atoms with Gasteiger partial charge in [0.1, 0.15) is 0 Å². The van der Waals surface area contributed by atoms with Crippen molar-refractivity contribution in [2.45, 2.75) is 11.9 Å². The van der Waals surface area contributed by atoms with Crippen molar-refractivity contribution in [3.05, 3.63) is 35.4 Å². The van der Waals surface area contributed by atoms with Crippen LogP contribution >= 0.6 is 11.8 Å². The van der Waals surface area contributed by atoms with Crippen LogP contribution in [0.5, 0.6) is 0 Å². The van der Waals surface area contributed by atoms with Gasteiger partial charge in [-0.05, 0) is 17.7 Å². The van der Waals surface area contributed by atoms with E-state index in [2.05, 4.69) is 5.92 Å². The molecule has 1 rings (SSSR count). The first-order valence-electron chi connectivity index (χ1n) is 4.21. The lowest BCUT2D eigenvalue weighted by Crippen LogP contribution is -2.04. The van der Waals surface area contributed by atoms with Gasteiger partial charge in [0.05, 0.1) is 11.3 Å². The molecule has 1 aromatic carbocycles. The van der Waals surface area contributed by atoms with Crippen LogP contribution in [0.25, 0.3) is 0 Å². The van der Waals surface area contributed by atoms with Crippen molar-refractivity contribution < 1.29 is 13.2 Å². The van der Waals surface area contributed by atoms with E-state index in [9.17, 15) is 13.2 Å². The van der Waals surface area contributed by atoms with Gasteiger partial charge in [-0.3, -0.25) is 0 Å². The van der Waals surface area contributed by atoms with Crippen LogP contribution in [0.4, 0.5) is 13.2 Å². The van der Waals surface area contributed by atoms with Gasteiger partial charge in [-0.25, -0.2) is 0 Å². The second-order valence-corrected chi connectivity index (χ2v) is 3.88. The Morgan fingerprint density at radius 3 is 2.27 bits per heavy atom. The lowest BCUT2D eigenvalue weighted by atomic mass is 10.1. The van der Waals surface area contributed by atoms with Crippen molar-refractivity contribution in [3.8, 4) is 12.3 Å². The van der Waals surface area contributed by atoms with Gasteiger partial charge in [-0.1, -0.05) is 18.1 Å². The van der Waals surface area contributed by atoms with Crippen molar-refractivity contribution in [1.82, 2.24) is 0 Å². The van der Waals surface area contributed by atoms with E-state index >= 15 is 0 Å². The number of halogens is 3. The summed E-state index contributed by atoms with van der Waals surface area (Å²) < 4.78 is 36.6. The fraction of sp³-hybridized carbons (Fsp3) is 0.273. The number of alkyl halides is 3. The molecule has 0 saturated heterocycles. The number of thioether (sulfide) groups is 1. The molecular weight excluding hydrogens is 221 g/mol. The van der Waals surface area contributed by atoms with Gasteiger partial charge in [0, 0.05) is 5.75 Å². The SMILES string of the molecule is C#CCSCc1ccc(C(F)(F)F)cc1. The van der Waals surface area contributed by atoms with Crippen LogP contribution < -0.4 is 0 Å². The van der Waals surface area contributed by atoms with Crippen molar-refractivity contribution in [2.24, 2.45) is 0 Å². The van der Waals surface area contributed by atoms with Gasteiger partial charge in [-0.15, -0.1) is 18.2 Å². The predicted molar refractivity (Wildman–Crippen MR) is 56.4 cm³/mol. The molecule has 4 heteroatoms. The van der Waals surface area contributed by atoms with Gasteiger partial charge < -0.3 is 0 Å². The molecule has 0 unspecified atom stereocenters. The fourth-order valence-electron chi connectivity index (χ4n) is 1.02. The number of hydrogen-bond acceptors (Lipinski definition) is 1. The predicted octanol–water partition coefficient (Wildman–Crippen LogP) is 3.57. The zero-order chi connectivity index (χ0) is 11.3. The molecular formula is C11H9F3S. The van der Waals surface area contributed by atoms with Crippen LogP contribution in [0, 0.1) is 12.3 Å². The van der Waals surface area contributed by atoms with Gasteiger partial charge in [0.2, 0.25) is 0 Å². The monoisotopic (exact) mass is 230 g/mol. The summed E-state index contributed by atoms with van der Waals surface area (Å²) in [5.74, 6) is 3.67. The van der Waals surface area contributed by atoms with E-state index < -0.39 is 11.7 Å². The minimum atomic E-state index is -4.26. The van der Waals surface area contributed by atoms with E-state index in [4.69, 9.17) is 6.42 Å². The van der Waals surface area contributed by atoms with Crippen molar-refractivity contribution in [2.75, 3.05) is 5.75 Å². The Bertz CT molecular complexity index is 346. The summed E-state index contributed by atoms with van der Waals surface area (Å²) in [5, 5.41) is 0. The third kappa shape index (κ3) is 3.88. The Morgan fingerprint density at radius 1 is 1.20 bits per heavy atom. The molecule has 15 heavy (non-hydrogen) atoms. The van der Waals surface area contributed by atoms with Gasteiger partial charge in [0.25, 0.3) is 0 Å². The number of hydrogen-bond donors (Lipinski definition) is 0. The maximum Gasteiger partial charge on any atom is 0.416 e. The molecule has 0 fully saturated rings. The molecule has 0 saturated carbocycles. The molecule has 1 aromatic rings. The van der Waals surface area contributed by atoms with Crippen molar-refractivity contribution >= 4 is 11.8 Å². The van der Waals surface area contributed by atoms with Gasteiger partial charge in [-0.2, -0.15) is 13.2 Å². The van der Waals surface area contributed by atoms with Crippen LogP contribution in [0.1, 0.15) is 11.1 Å². The molecule has 0 aliphatic carbocycles. The molecule has 0 radical (unpaired) electrons. The van der Waals surface area contributed by atoms with E-state index in [1.165, 1.54) is 23.9 Å². The summed E-state index contributed by atoms with van der Waals surface area (Å²) in [6.45, 7) is 0. The summed E-state index contributed by atoms with van der Waals surface area (Å²) >= 11 is 1.50. The van der Waals surface area contributed by atoms with Crippen LogP contribution in [-0.2, 0) is 11.9 Å². The normalized spacial score (nSPS) is 11.1. The van der Waals surface area contributed by atoms with E-state index in [0.717, 1.165) is 17.7 Å². The number of rotatable bonds is 3. The highest BCUT2D eigenvalue weighted by molar-refractivity contribution is 7.98. The molecule has 0 amide bonds. The molecule has 0 atom stereocenters. The molecule has 0 bridgehead atoms. The van der Waals surface area contributed by atoms with Crippen molar-refractivity contribution in [1.29, 1.82) is 0 Å². The van der Waals surface area contributed by atoms with Crippen LogP contribution in [0.15, 0.2) is 24.3 Å². The molecule has 0 aliphatic rings. The maximum absolute atomic E-state index is 12.2. The highest BCUT2D eigenvalue weighted by Crippen LogP contribution is 2.29. The first kappa shape index (κ1) is 12.0. The molecule has 0 aromatic heterocycles. The Labute approximate surface area is 90.9 Å². The lowest BCUT2D eigenvalue weighted by Gasteiger charge is -2.06. The zero-order valence-electron chi connectivity index (χ0n) is 7.84. The van der Waals surface area contributed by atoms with Crippen molar-refractivity contribution in [3.63, 3.8) is 0 Å². The Morgan fingerprint density at radius 2 is 1.80 bits per heavy atom. The maximum atomic E-state index is 12.2. The highest BCUT2D eigenvalue weighted by atomic mass is 32.2. The second-order valence-electron chi connectivity index (χ2n) is 2.89. The zero-order valence-corrected chi connectivity index (χ0v) is 8.66. The summed E-state index contributed by atoms with van der Waals surface area (Å²) in [7, 11) is 0. The highest BCUT2D eigenvalue weighted by Gasteiger charge is 2.29. The standard InChI is InChI=1S/C11H9F3S/c1-2-7-15-8-9-3-5-10(6-4-9)11(12,13)14/h1,3-6H,7-8H2. The third-order valence-electron chi connectivity index (χ3n) is 1.74. The quantitative estimate of drug-likeness (QED) is 0.565. The van der Waals surface area contributed by atoms with Crippen LogP contribution in [0.2, 0.25) is 0 Å². The van der Waals surface area contributed by atoms with Gasteiger partial charge >= 0.3 is 6.18 Å². The minimum Gasteiger partial charge on any atom is -0.166 e. The van der Waals surface area contributed by atoms with Gasteiger partial charge in [0.15, 0.2) is 0 Å². The molecule has 0 nitrogen and oxygen atoms in total. The van der Waals surface area contributed by atoms with E-state index in [1.807, 2.05) is 0 Å². The largest absolute Gasteiger partial charge is 0.416 e. The number of benzene rings is 1. The smallest absolute Gasteiger partial charge is 0.166 e. The van der Waals surface area contributed by atoms with Crippen LogP contribution in [-0.4, -0.2) is 5.75 Å². The first-order valence-corrected chi connectivity index (χ1v) is 5.37. The average molecular weight is 230 g/mol. The molecule has 0 heterocycles. The molecule has 0 spiro atoms. The molecule has 0 N–H and O–H groups in total. The summed E-state index contributed by atoms with van der Waals surface area (Å²) in [6.07, 6.45) is 0.795. The first-order chi connectivity index (χ1) is 7.04. The summed E-state index contributed by atoms with van der Waals surface area (Å²) in [6, 6.07) is 5.14. The fourth-order valence-corrected chi connectivity index (χ4v) is 1.67. The Hall–Kier alpha value is -1.08. The van der Waals surface area contributed by atoms with E-state index in [1.54, 1.807) is 0 Å². The molecule has 80 valence electrons. The summed E-state index contributed by atoms with van der Waals surface area (Å²) in [4.78, 5) is 0. The average Bonchev–Trinajstić information content (AvgIpc) is 2.18. The Kier molecular flexibility index (Phi) is 4.10.